The van der Waals surface area contributed by atoms with E-state index >= 15 is 0 Å². The van der Waals surface area contributed by atoms with E-state index in [2.05, 4.69) is 4.98 Å². The molecular weight excluding hydrogens is 268 g/mol. The smallest absolute Gasteiger partial charge is 0.329 e. The third-order valence-corrected chi connectivity index (χ3v) is 4.39. The Hall–Kier alpha value is -1.05. The van der Waals surface area contributed by atoms with Gasteiger partial charge in [0.05, 0.1) is 23.3 Å². The zero-order valence-electron chi connectivity index (χ0n) is 11.3. The molecule has 3 N–H and O–H groups in total. The first kappa shape index (κ1) is 16.0. The Morgan fingerprint density at radius 3 is 2.63 bits per heavy atom. The Morgan fingerprint density at radius 2 is 2.11 bits per heavy atom. The molecule has 1 aromatic heterocycles. The van der Waals surface area contributed by atoms with Crippen LogP contribution in [0, 0.1) is 6.92 Å². The maximum absolute atomic E-state index is 11.6. The highest BCUT2D eigenvalue weighted by Gasteiger charge is 2.34. The molecule has 19 heavy (non-hydrogen) atoms. The van der Waals surface area contributed by atoms with Crippen LogP contribution in [0.3, 0.4) is 0 Å². The number of H-pyrrole nitrogens is 1. The van der Waals surface area contributed by atoms with Crippen LogP contribution in [0.1, 0.15) is 31.2 Å². The number of nitrogens with zero attached hydrogens (tertiary/aromatic N) is 1. The molecule has 1 aliphatic heterocycles. The lowest BCUT2D eigenvalue weighted by Gasteiger charge is -2.13. The summed E-state index contributed by atoms with van der Waals surface area (Å²) in [5, 5.41) is 18.2. The molecule has 0 aliphatic carbocycles. The van der Waals surface area contributed by atoms with Crippen LogP contribution in [0.4, 0.5) is 0 Å². The van der Waals surface area contributed by atoms with Gasteiger partial charge < -0.3 is 10.2 Å². The van der Waals surface area contributed by atoms with Gasteiger partial charge in [0.25, 0.3) is 5.56 Å². The molecule has 0 saturated carbocycles. The van der Waals surface area contributed by atoms with Crippen molar-refractivity contribution in [3.8, 4) is 0 Å². The Morgan fingerprint density at radius 1 is 1.47 bits per heavy atom. The summed E-state index contributed by atoms with van der Waals surface area (Å²) in [4.78, 5) is 25.1. The Balaban J connectivity index is 0.000000861. The van der Waals surface area contributed by atoms with E-state index in [1.165, 1.54) is 22.5 Å². The quantitative estimate of drug-likeness (QED) is 0.724. The fraction of sp³-hybridized carbons (Fsp3) is 0.667. The van der Waals surface area contributed by atoms with E-state index in [1.807, 2.05) is 13.8 Å². The van der Waals surface area contributed by atoms with Gasteiger partial charge in [0.15, 0.2) is 0 Å². The normalized spacial score (nSPS) is 25.8. The zero-order chi connectivity index (χ0) is 14.6. The predicted octanol–water partition coefficient (Wildman–Crippen LogP) is 0.229. The number of hydrogen-bond acceptors (Lipinski definition) is 5. The molecule has 1 aliphatic rings. The van der Waals surface area contributed by atoms with Crippen LogP contribution < -0.4 is 11.2 Å². The van der Waals surface area contributed by atoms with Gasteiger partial charge in [-0.1, -0.05) is 13.8 Å². The third kappa shape index (κ3) is 3.49. The van der Waals surface area contributed by atoms with Crippen molar-refractivity contribution in [1.29, 1.82) is 0 Å². The van der Waals surface area contributed by atoms with Crippen LogP contribution in [-0.2, 0) is 0 Å². The van der Waals surface area contributed by atoms with Crippen LogP contribution in [-0.4, -0.2) is 37.7 Å². The topological polar surface area (TPSA) is 95.3 Å². The summed E-state index contributed by atoms with van der Waals surface area (Å²) in [7, 11) is 0. The van der Waals surface area contributed by atoms with E-state index in [9.17, 15) is 14.7 Å². The molecule has 3 unspecified atom stereocenters. The van der Waals surface area contributed by atoms with Crippen molar-refractivity contribution >= 4 is 11.8 Å². The van der Waals surface area contributed by atoms with E-state index in [0.29, 0.717) is 12.0 Å². The highest BCUT2D eigenvalue weighted by molar-refractivity contribution is 8.00. The minimum absolute atomic E-state index is 0.126. The minimum atomic E-state index is -0.630. The van der Waals surface area contributed by atoms with Crippen molar-refractivity contribution < 1.29 is 10.2 Å². The van der Waals surface area contributed by atoms with Crippen molar-refractivity contribution in [2.75, 3.05) is 6.61 Å². The summed E-state index contributed by atoms with van der Waals surface area (Å²) in [6, 6.07) is 0. The number of aliphatic hydroxyl groups is 2. The van der Waals surface area contributed by atoms with E-state index in [0.717, 1.165) is 0 Å². The highest BCUT2D eigenvalue weighted by atomic mass is 32.2. The molecule has 0 radical (unpaired) electrons. The lowest BCUT2D eigenvalue weighted by Crippen LogP contribution is -2.32. The molecule has 0 amide bonds. The van der Waals surface area contributed by atoms with Crippen molar-refractivity contribution in [3.05, 3.63) is 32.6 Å². The van der Waals surface area contributed by atoms with Gasteiger partial charge >= 0.3 is 5.69 Å². The van der Waals surface area contributed by atoms with Crippen LogP contribution in [0.25, 0.3) is 0 Å². The third-order valence-electron chi connectivity index (χ3n) is 2.84. The summed E-state index contributed by atoms with van der Waals surface area (Å²) < 4.78 is 1.40. The summed E-state index contributed by atoms with van der Waals surface area (Å²) in [6.45, 7) is 5.49. The van der Waals surface area contributed by atoms with Crippen LogP contribution >= 0.6 is 11.8 Å². The first-order valence-corrected chi connectivity index (χ1v) is 7.23. The van der Waals surface area contributed by atoms with Gasteiger partial charge in [-0.05, 0) is 6.92 Å². The molecule has 0 aromatic carbocycles. The Labute approximate surface area is 115 Å². The second kappa shape index (κ2) is 6.93. The van der Waals surface area contributed by atoms with Gasteiger partial charge in [-0.25, -0.2) is 4.79 Å². The molecule has 0 spiro atoms. The van der Waals surface area contributed by atoms with Gasteiger partial charge in [-0.3, -0.25) is 14.3 Å². The number of aryl methyl sites for hydroxylation is 1. The second-order valence-electron chi connectivity index (χ2n) is 4.09. The van der Waals surface area contributed by atoms with Gasteiger partial charge in [0.1, 0.15) is 0 Å². The number of aliphatic hydroxyl groups excluding tert-OH is 2. The molecule has 7 heteroatoms. The molecule has 1 saturated heterocycles. The first-order valence-electron chi connectivity index (χ1n) is 6.29. The maximum Gasteiger partial charge on any atom is 0.329 e. The molecule has 3 atom stereocenters. The summed E-state index contributed by atoms with van der Waals surface area (Å²) in [5.41, 5.74) is -0.426. The number of hydrogen-bond donors (Lipinski definition) is 3. The Bertz CT molecular complexity index is 525. The van der Waals surface area contributed by atoms with Crippen LogP contribution in [0.15, 0.2) is 15.8 Å². The van der Waals surface area contributed by atoms with Gasteiger partial charge in [-0.2, -0.15) is 0 Å². The lowest BCUT2D eigenvalue weighted by molar-refractivity contribution is 0.137. The van der Waals surface area contributed by atoms with Gasteiger partial charge in [0.2, 0.25) is 0 Å². The lowest BCUT2D eigenvalue weighted by atomic mass is 10.2. The van der Waals surface area contributed by atoms with Crippen LogP contribution in [0.2, 0.25) is 0 Å². The highest BCUT2D eigenvalue weighted by Crippen LogP contribution is 2.40. The van der Waals surface area contributed by atoms with Gasteiger partial charge in [0, 0.05) is 18.2 Å². The average Bonchev–Trinajstić information content (AvgIpc) is 2.77. The molecule has 2 rings (SSSR count). The summed E-state index contributed by atoms with van der Waals surface area (Å²) in [5.74, 6) is 0. The van der Waals surface area contributed by atoms with Crippen molar-refractivity contribution in [3.63, 3.8) is 0 Å². The monoisotopic (exact) mass is 288 g/mol. The predicted molar refractivity (Wildman–Crippen MR) is 75.5 cm³/mol. The first-order chi connectivity index (χ1) is 9.02. The number of aromatic nitrogens is 2. The molecular formula is C12H20N2O4S. The van der Waals surface area contributed by atoms with E-state index in [4.69, 9.17) is 5.11 Å². The number of nitrogens with one attached hydrogen (secondary N) is 1. The molecule has 1 fully saturated rings. The maximum atomic E-state index is 11.6. The van der Waals surface area contributed by atoms with Crippen molar-refractivity contribution in [2.24, 2.45) is 0 Å². The van der Waals surface area contributed by atoms with Crippen LogP contribution in [0.5, 0.6) is 0 Å². The minimum Gasteiger partial charge on any atom is -0.395 e. The standard InChI is InChI=1S/C10H14N2O4S.C2H6/c1-5-3-12(10(16)11-9(5)15)8-2-6(14)7(4-13)17-8;1-2/h3,6-8,13-14H,2,4H2,1H3,(H,11,15,16);1-2H3. The number of aromatic amines is 1. The van der Waals surface area contributed by atoms with E-state index in [-0.39, 0.29) is 17.2 Å². The molecule has 1 aromatic rings. The number of rotatable bonds is 2. The van der Waals surface area contributed by atoms with Gasteiger partial charge in [-0.15, -0.1) is 11.8 Å². The van der Waals surface area contributed by atoms with E-state index < -0.39 is 17.4 Å². The average molecular weight is 288 g/mol. The molecule has 108 valence electrons. The summed E-state index contributed by atoms with van der Waals surface area (Å²) in [6.07, 6.45) is 1.25. The fourth-order valence-corrected chi connectivity index (χ4v) is 3.23. The fourth-order valence-electron chi connectivity index (χ4n) is 1.85. The molecule has 6 nitrogen and oxygen atoms in total. The van der Waals surface area contributed by atoms with Crippen molar-refractivity contribution in [1.82, 2.24) is 9.55 Å². The molecule has 2 heterocycles. The van der Waals surface area contributed by atoms with Crippen molar-refractivity contribution in [2.45, 2.75) is 43.9 Å². The van der Waals surface area contributed by atoms with E-state index in [1.54, 1.807) is 6.92 Å². The largest absolute Gasteiger partial charge is 0.395 e. The zero-order valence-corrected chi connectivity index (χ0v) is 12.1. The SMILES string of the molecule is CC.Cc1cn(C2CC(O)C(CO)S2)c(=O)[nH]c1=O. The summed E-state index contributed by atoms with van der Waals surface area (Å²) >= 11 is 1.34. The second-order valence-corrected chi connectivity index (χ2v) is 5.52. The Kier molecular flexibility index (Phi) is 5.84. The number of thioether (sulfide) groups is 1. The molecule has 0 bridgehead atoms.